The third kappa shape index (κ3) is 5.28. The van der Waals surface area contributed by atoms with Crippen LogP contribution in [0.15, 0.2) is 10.6 Å². The average Bonchev–Trinajstić information content (AvgIpc) is 2.94. The minimum Gasteiger partial charge on any atom is -0.384 e. The number of methoxy groups -OCH3 is 1. The second-order valence-electron chi connectivity index (χ2n) is 7.86. The number of anilines is 1. The van der Waals surface area contributed by atoms with Gasteiger partial charge in [0.15, 0.2) is 9.84 Å². The summed E-state index contributed by atoms with van der Waals surface area (Å²) in [5.74, 6) is -0.304. The minimum absolute atomic E-state index is 0.0341. The summed E-state index contributed by atoms with van der Waals surface area (Å²) in [6.07, 6.45) is 0.511. The van der Waals surface area contributed by atoms with Crippen molar-refractivity contribution < 1.29 is 22.5 Å². The Kier molecular flexibility index (Phi) is 6.81. The van der Waals surface area contributed by atoms with Crippen molar-refractivity contribution in [1.82, 2.24) is 5.16 Å². The molecular formula is C17H30N2O5S. The van der Waals surface area contributed by atoms with Crippen molar-refractivity contribution in [3.8, 4) is 0 Å². The van der Waals surface area contributed by atoms with Gasteiger partial charge in [-0.15, -0.1) is 0 Å². The Morgan fingerprint density at radius 2 is 1.92 bits per heavy atom. The number of nitrogens with zero attached hydrogens (tertiary/aromatic N) is 1. The fourth-order valence-corrected chi connectivity index (χ4v) is 3.76. The first kappa shape index (κ1) is 21.6. The second kappa shape index (κ2) is 7.86. The molecule has 8 heteroatoms. The highest BCUT2D eigenvalue weighted by molar-refractivity contribution is 7.93. The SMILES string of the molecule is COCC(C)(C)c1cc(NC(=O)C(C)(C)S(=O)(=O)CCC(C)C)on1. The maximum Gasteiger partial charge on any atom is 0.247 e. The molecule has 0 fully saturated rings. The second-order valence-corrected chi connectivity index (χ2v) is 10.5. The molecule has 0 bridgehead atoms. The van der Waals surface area contributed by atoms with E-state index in [1.165, 1.54) is 13.8 Å². The largest absolute Gasteiger partial charge is 0.384 e. The summed E-state index contributed by atoms with van der Waals surface area (Å²) in [5, 5.41) is 6.47. The third-order valence-electron chi connectivity index (χ3n) is 4.23. The Balaban J connectivity index is 2.89. The lowest BCUT2D eigenvalue weighted by Gasteiger charge is -2.23. The van der Waals surface area contributed by atoms with Crippen LogP contribution >= 0.6 is 0 Å². The molecule has 0 unspecified atom stereocenters. The van der Waals surface area contributed by atoms with E-state index in [1.54, 1.807) is 13.2 Å². The number of rotatable bonds is 9. The molecule has 1 aromatic rings. The molecule has 0 atom stereocenters. The van der Waals surface area contributed by atoms with Crippen molar-refractivity contribution in [2.75, 3.05) is 24.8 Å². The summed E-state index contributed by atoms with van der Waals surface area (Å²) < 4.78 is 33.8. The van der Waals surface area contributed by atoms with Gasteiger partial charge in [-0.05, 0) is 26.2 Å². The highest BCUT2D eigenvalue weighted by atomic mass is 32.2. The Labute approximate surface area is 150 Å². The van der Waals surface area contributed by atoms with Crippen LogP contribution in [0.2, 0.25) is 0 Å². The van der Waals surface area contributed by atoms with Crippen LogP contribution in [-0.2, 0) is 24.8 Å². The van der Waals surface area contributed by atoms with Gasteiger partial charge in [-0.3, -0.25) is 10.1 Å². The standard InChI is InChI=1S/C17H30N2O5S/c1-12(2)8-9-25(21,22)17(5,6)15(20)18-14-10-13(19-24-14)16(3,4)11-23-7/h10,12H,8-9,11H2,1-7H3,(H,18,20). The van der Waals surface area contributed by atoms with Gasteiger partial charge in [0.05, 0.1) is 18.1 Å². The van der Waals surface area contributed by atoms with E-state index in [-0.39, 0.29) is 23.0 Å². The Morgan fingerprint density at radius 3 is 2.44 bits per heavy atom. The number of carbonyl (C=O) groups is 1. The molecule has 0 radical (unpaired) electrons. The first-order valence-corrected chi connectivity index (χ1v) is 9.98. The zero-order valence-electron chi connectivity index (χ0n) is 16.2. The molecule has 0 aliphatic heterocycles. The van der Waals surface area contributed by atoms with Gasteiger partial charge in [0.2, 0.25) is 11.8 Å². The van der Waals surface area contributed by atoms with Crippen LogP contribution < -0.4 is 5.32 Å². The predicted octanol–water partition coefficient (Wildman–Crippen LogP) is 2.78. The lowest BCUT2D eigenvalue weighted by molar-refractivity contribution is -0.118. The Morgan fingerprint density at radius 1 is 1.32 bits per heavy atom. The van der Waals surface area contributed by atoms with Gasteiger partial charge in [-0.2, -0.15) is 0 Å². The minimum atomic E-state index is -3.60. The van der Waals surface area contributed by atoms with Crippen molar-refractivity contribution in [3.05, 3.63) is 11.8 Å². The Hall–Kier alpha value is -1.41. The number of amides is 1. The maximum atomic E-state index is 12.5. The molecule has 144 valence electrons. The highest BCUT2D eigenvalue weighted by Crippen LogP contribution is 2.27. The molecule has 25 heavy (non-hydrogen) atoms. The summed E-state index contributed by atoms with van der Waals surface area (Å²) in [6.45, 7) is 11.0. The molecule has 1 aromatic heterocycles. The van der Waals surface area contributed by atoms with Crippen LogP contribution in [0, 0.1) is 5.92 Å². The van der Waals surface area contributed by atoms with E-state index in [4.69, 9.17) is 9.26 Å². The molecule has 1 amide bonds. The molecule has 7 nitrogen and oxygen atoms in total. The quantitative estimate of drug-likeness (QED) is 0.713. The van der Waals surface area contributed by atoms with Crippen LogP contribution in [0.1, 0.15) is 53.7 Å². The maximum absolute atomic E-state index is 12.5. The van der Waals surface area contributed by atoms with Gasteiger partial charge < -0.3 is 9.26 Å². The summed E-state index contributed by atoms with van der Waals surface area (Å²) in [5.41, 5.74) is 0.227. The third-order valence-corrected chi connectivity index (χ3v) is 6.75. The summed E-state index contributed by atoms with van der Waals surface area (Å²) in [4.78, 5) is 12.5. The normalized spacial score (nSPS) is 13.3. The fraction of sp³-hybridized carbons (Fsp3) is 0.765. The Bertz CT molecular complexity index is 690. The number of hydrogen-bond acceptors (Lipinski definition) is 6. The number of ether oxygens (including phenoxy) is 1. The monoisotopic (exact) mass is 374 g/mol. The van der Waals surface area contributed by atoms with Gasteiger partial charge in [0.25, 0.3) is 0 Å². The molecule has 0 aliphatic rings. The van der Waals surface area contributed by atoms with Crippen LogP contribution in [0.3, 0.4) is 0 Å². The van der Waals surface area contributed by atoms with Gasteiger partial charge in [0.1, 0.15) is 4.75 Å². The molecule has 1 N–H and O–H groups in total. The lowest BCUT2D eigenvalue weighted by atomic mass is 9.90. The number of sulfone groups is 1. The summed E-state index contributed by atoms with van der Waals surface area (Å²) >= 11 is 0. The van der Waals surface area contributed by atoms with E-state index in [0.717, 1.165) is 0 Å². The first-order chi connectivity index (χ1) is 11.3. The van der Waals surface area contributed by atoms with E-state index in [9.17, 15) is 13.2 Å². The van der Waals surface area contributed by atoms with Gasteiger partial charge in [-0.25, -0.2) is 8.42 Å². The zero-order valence-corrected chi connectivity index (χ0v) is 17.0. The summed E-state index contributed by atoms with van der Waals surface area (Å²) in [6, 6.07) is 1.59. The number of hydrogen-bond donors (Lipinski definition) is 1. The van der Waals surface area contributed by atoms with Crippen LogP contribution in [0.4, 0.5) is 5.88 Å². The average molecular weight is 375 g/mol. The van der Waals surface area contributed by atoms with Gasteiger partial charge >= 0.3 is 0 Å². The van der Waals surface area contributed by atoms with Crippen LogP contribution in [0.25, 0.3) is 0 Å². The van der Waals surface area contributed by atoms with Crippen molar-refractivity contribution in [2.45, 2.75) is 58.1 Å². The predicted molar refractivity (Wildman–Crippen MR) is 97.4 cm³/mol. The van der Waals surface area contributed by atoms with Gasteiger partial charge in [-0.1, -0.05) is 32.9 Å². The molecular weight excluding hydrogens is 344 g/mol. The van der Waals surface area contributed by atoms with Crippen molar-refractivity contribution in [3.63, 3.8) is 0 Å². The van der Waals surface area contributed by atoms with Crippen LogP contribution in [0.5, 0.6) is 0 Å². The van der Waals surface area contributed by atoms with Crippen LogP contribution in [-0.4, -0.2) is 43.7 Å². The molecule has 0 aliphatic carbocycles. The van der Waals surface area contributed by atoms with E-state index < -0.39 is 20.5 Å². The zero-order chi connectivity index (χ0) is 19.5. The van der Waals surface area contributed by atoms with E-state index in [2.05, 4.69) is 10.5 Å². The fourth-order valence-electron chi connectivity index (χ4n) is 2.14. The summed E-state index contributed by atoms with van der Waals surface area (Å²) in [7, 11) is -2.01. The molecule has 0 saturated carbocycles. The van der Waals surface area contributed by atoms with Gasteiger partial charge in [0, 0.05) is 18.6 Å². The molecule has 0 saturated heterocycles. The molecule has 1 heterocycles. The molecule has 0 spiro atoms. The van der Waals surface area contributed by atoms with Crippen molar-refractivity contribution in [1.29, 1.82) is 0 Å². The smallest absolute Gasteiger partial charge is 0.247 e. The van der Waals surface area contributed by atoms with Crippen molar-refractivity contribution in [2.24, 2.45) is 5.92 Å². The van der Waals surface area contributed by atoms with Crippen molar-refractivity contribution >= 4 is 21.6 Å². The number of aromatic nitrogens is 1. The molecule has 0 aromatic carbocycles. The number of carbonyl (C=O) groups excluding carboxylic acids is 1. The van der Waals surface area contributed by atoms with E-state index in [0.29, 0.717) is 18.7 Å². The number of nitrogens with one attached hydrogen (secondary N) is 1. The lowest BCUT2D eigenvalue weighted by Crippen LogP contribution is -2.45. The van der Waals surface area contributed by atoms with E-state index >= 15 is 0 Å². The topological polar surface area (TPSA) is 98.5 Å². The first-order valence-electron chi connectivity index (χ1n) is 8.33. The highest BCUT2D eigenvalue weighted by Gasteiger charge is 2.42. The van der Waals surface area contributed by atoms with E-state index in [1.807, 2.05) is 27.7 Å². The molecule has 1 rings (SSSR count).